The lowest BCUT2D eigenvalue weighted by Gasteiger charge is -2.18. The van der Waals surface area contributed by atoms with E-state index >= 15 is 0 Å². The maximum atomic E-state index is 12.6. The Hall–Kier alpha value is -2.04. The summed E-state index contributed by atoms with van der Waals surface area (Å²) in [6, 6.07) is 14.9. The zero-order valence-electron chi connectivity index (χ0n) is 12.7. The number of nitrogens with zero attached hydrogens (tertiary/aromatic N) is 1. The fourth-order valence-corrected chi connectivity index (χ4v) is 3.28. The summed E-state index contributed by atoms with van der Waals surface area (Å²) in [5.74, 6) is 0.823. The smallest absolute Gasteiger partial charge is 0.289 e. The van der Waals surface area contributed by atoms with Crippen molar-refractivity contribution in [2.75, 3.05) is 6.54 Å². The zero-order chi connectivity index (χ0) is 16.2. The summed E-state index contributed by atoms with van der Waals surface area (Å²) in [5.41, 5.74) is 0.787. The number of hydrogen-bond donors (Lipinski definition) is 0. The highest BCUT2D eigenvalue weighted by Gasteiger charge is 2.19. The van der Waals surface area contributed by atoms with Crippen LogP contribution in [0, 0.1) is 0 Å². The van der Waals surface area contributed by atoms with Crippen molar-refractivity contribution in [3.63, 3.8) is 0 Å². The van der Waals surface area contributed by atoms with Gasteiger partial charge in [-0.3, -0.25) is 4.79 Å². The van der Waals surface area contributed by atoms with Crippen LogP contribution in [-0.4, -0.2) is 17.4 Å². The molecule has 2 heterocycles. The molecule has 0 bridgehead atoms. The number of hydrogen-bond acceptors (Lipinski definition) is 3. The minimum Gasteiger partial charge on any atom is -0.451 e. The van der Waals surface area contributed by atoms with Crippen LogP contribution in [0.2, 0.25) is 5.02 Å². The molecule has 0 N–H and O–H groups in total. The maximum Gasteiger partial charge on any atom is 0.289 e. The largest absolute Gasteiger partial charge is 0.451 e. The van der Waals surface area contributed by atoms with Crippen molar-refractivity contribution in [1.82, 2.24) is 4.90 Å². The first-order valence-electron chi connectivity index (χ1n) is 7.35. The molecule has 3 nitrogen and oxygen atoms in total. The van der Waals surface area contributed by atoms with E-state index in [0.717, 1.165) is 10.4 Å². The van der Waals surface area contributed by atoms with Gasteiger partial charge in [-0.05, 0) is 42.6 Å². The third-order valence-corrected chi connectivity index (χ3v) is 4.74. The molecule has 118 valence electrons. The van der Waals surface area contributed by atoms with Gasteiger partial charge in [0.15, 0.2) is 5.76 Å². The maximum absolute atomic E-state index is 12.6. The lowest BCUT2D eigenvalue weighted by Crippen LogP contribution is -2.29. The Kier molecular flexibility index (Phi) is 4.84. The third kappa shape index (κ3) is 3.49. The highest BCUT2D eigenvalue weighted by Crippen LogP contribution is 2.29. The number of rotatable bonds is 5. The summed E-state index contributed by atoms with van der Waals surface area (Å²) >= 11 is 7.82. The summed E-state index contributed by atoms with van der Waals surface area (Å²) < 4.78 is 5.74. The van der Waals surface area contributed by atoms with Crippen molar-refractivity contribution in [2.24, 2.45) is 0 Å². The second-order valence-corrected chi connectivity index (χ2v) is 6.48. The normalized spacial score (nSPS) is 10.7. The molecule has 0 atom stereocenters. The van der Waals surface area contributed by atoms with E-state index in [9.17, 15) is 4.79 Å². The SMILES string of the molecule is CCN(Cc1cccs1)C(=O)c1ccc(-c2ccccc2Cl)o1. The Balaban J connectivity index is 1.81. The molecule has 3 aromatic rings. The highest BCUT2D eigenvalue weighted by molar-refractivity contribution is 7.09. The molecule has 3 rings (SSSR count). The molecule has 0 unspecified atom stereocenters. The average Bonchev–Trinajstić information content (AvgIpc) is 3.24. The van der Waals surface area contributed by atoms with Gasteiger partial charge in [-0.25, -0.2) is 0 Å². The number of benzene rings is 1. The van der Waals surface area contributed by atoms with E-state index in [1.54, 1.807) is 34.4 Å². The van der Waals surface area contributed by atoms with Gasteiger partial charge in [0.25, 0.3) is 5.91 Å². The van der Waals surface area contributed by atoms with Crippen LogP contribution in [0.1, 0.15) is 22.4 Å². The van der Waals surface area contributed by atoms with Crippen LogP contribution in [0.4, 0.5) is 0 Å². The van der Waals surface area contributed by atoms with Crippen molar-refractivity contribution in [3.05, 3.63) is 69.6 Å². The van der Waals surface area contributed by atoms with Gasteiger partial charge in [-0.1, -0.05) is 29.8 Å². The fraction of sp³-hybridized carbons (Fsp3) is 0.167. The van der Waals surface area contributed by atoms with E-state index < -0.39 is 0 Å². The molecule has 2 aromatic heterocycles. The highest BCUT2D eigenvalue weighted by atomic mass is 35.5. The second-order valence-electron chi connectivity index (χ2n) is 5.04. The molecule has 0 spiro atoms. The predicted molar refractivity (Wildman–Crippen MR) is 93.9 cm³/mol. The Bertz CT molecular complexity index is 795. The van der Waals surface area contributed by atoms with Crippen molar-refractivity contribution < 1.29 is 9.21 Å². The standard InChI is InChI=1S/C18H16ClNO2S/c1-2-20(12-13-6-5-11-23-13)18(21)17-10-9-16(22-17)14-7-3-4-8-15(14)19/h3-11H,2,12H2,1H3. The van der Waals surface area contributed by atoms with Crippen LogP contribution in [0.5, 0.6) is 0 Å². The van der Waals surface area contributed by atoms with Crippen LogP contribution in [0.15, 0.2) is 58.3 Å². The van der Waals surface area contributed by atoms with Gasteiger partial charge in [0.1, 0.15) is 5.76 Å². The van der Waals surface area contributed by atoms with Crippen LogP contribution in [0.3, 0.4) is 0 Å². The Morgan fingerprint density at radius 1 is 1.17 bits per heavy atom. The molecule has 23 heavy (non-hydrogen) atoms. The molecule has 1 amide bonds. The van der Waals surface area contributed by atoms with Crippen LogP contribution < -0.4 is 0 Å². The van der Waals surface area contributed by atoms with E-state index in [-0.39, 0.29) is 5.91 Å². The third-order valence-electron chi connectivity index (χ3n) is 3.55. The molecule has 0 fully saturated rings. The van der Waals surface area contributed by atoms with Gasteiger partial charge in [0.2, 0.25) is 0 Å². The van der Waals surface area contributed by atoms with E-state index in [2.05, 4.69) is 0 Å². The molecule has 0 aliphatic rings. The van der Waals surface area contributed by atoms with Gasteiger partial charge in [-0.15, -0.1) is 11.3 Å². The molecule has 1 aromatic carbocycles. The van der Waals surface area contributed by atoms with Crippen LogP contribution >= 0.6 is 22.9 Å². The van der Waals surface area contributed by atoms with Crippen molar-refractivity contribution in [3.8, 4) is 11.3 Å². The first-order valence-corrected chi connectivity index (χ1v) is 8.61. The van der Waals surface area contributed by atoms with Crippen LogP contribution in [-0.2, 0) is 6.54 Å². The molecule has 0 saturated heterocycles. The summed E-state index contributed by atoms with van der Waals surface area (Å²) in [7, 11) is 0. The average molecular weight is 346 g/mol. The Labute approximate surface area is 144 Å². The molecular weight excluding hydrogens is 330 g/mol. The molecular formula is C18H16ClNO2S. The van der Waals surface area contributed by atoms with Crippen molar-refractivity contribution in [1.29, 1.82) is 0 Å². The summed E-state index contributed by atoms with van der Waals surface area (Å²) in [6.07, 6.45) is 0. The first-order chi connectivity index (χ1) is 11.2. The zero-order valence-corrected chi connectivity index (χ0v) is 14.2. The number of amides is 1. The molecule has 5 heteroatoms. The minimum atomic E-state index is -0.112. The summed E-state index contributed by atoms with van der Waals surface area (Å²) in [5, 5.41) is 2.61. The van der Waals surface area contributed by atoms with Crippen LogP contribution in [0.25, 0.3) is 11.3 Å². The number of halogens is 1. The predicted octanol–water partition coefficient (Wildman–Crippen LogP) is 5.32. The van der Waals surface area contributed by atoms with E-state index in [4.69, 9.17) is 16.0 Å². The van der Waals surface area contributed by atoms with Crippen molar-refractivity contribution in [2.45, 2.75) is 13.5 Å². The fourth-order valence-electron chi connectivity index (χ4n) is 2.33. The number of carbonyl (C=O) groups is 1. The number of furan rings is 1. The summed E-state index contributed by atoms with van der Waals surface area (Å²) in [6.45, 7) is 3.18. The quantitative estimate of drug-likeness (QED) is 0.626. The monoisotopic (exact) mass is 345 g/mol. The van der Waals surface area contributed by atoms with Gasteiger partial charge in [-0.2, -0.15) is 0 Å². The van der Waals surface area contributed by atoms with Gasteiger partial charge >= 0.3 is 0 Å². The molecule has 0 radical (unpaired) electrons. The molecule has 0 saturated carbocycles. The van der Waals surface area contributed by atoms with E-state index in [1.165, 1.54) is 0 Å². The number of carbonyl (C=O) groups excluding carboxylic acids is 1. The lowest BCUT2D eigenvalue weighted by molar-refractivity contribution is 0.0723. The second kappa shape index (κ2) is 7.02. The Morgan fingerprint density at radius 3 is 2.70 bits per heavy atom. The van der Waals surface area contributed by atoms with Crippen molar-refractivity contribution >= 4 is 28.8 Å². The van der Waals surface area contributed by atoms with E-state index in [1.807, 2.05) is 42.6 Å². The molecule has 0 aliphatic heterocycles. The number of thiophene rings is 1. The minimum absolute atomic E-state index is 0.112. The lowest BCUT2D eigenvalue weighted by atomic mass is 10.2. The van der Waals surface area contributed by atoms with E-state index in [0.29, 0.717) is 29.6 Å². The van der Waals surface area contributed by atoms with Gasteiger partial charge in [0.05, 0.1) is 11.6 Å². The Morgan fingerprint density at radius 2 is 2.00 bits per heavy atom. The molecule has 0 aliphatic carbocycles. The summed E-state index contributed by atoms with van der Waals surface area (Å²) in [4.78, 5) is 15.6. The topological polar surface area (TPSA) is 33.5 Å². The van der Waals surface area contributed by atoms with Gasteiger partial charge < -0.3 is 9.32 Å². The first kappa shape index (κ1) is 15.8. The van der Waals surface area contributed by atoms with Gasteiger partial charge in [0, 0.05) is 17.0 Å².